The van der Waals surface area contributed by atoms with E-state index in [1.165, 1.54) is 19.4 Å². The van der Waals surface area contributed by atoms with E-state index in [4.69, 9.17) is 0 Å². The maximum Gasteiger partial charge on any atom is 0.0690 e. The molecule has 0 aromatic heterocycles. The predicted octanol–water partition coefficient (Wildman–Crippen LogP) is 1.63. The molecule has 1 aliphatic heterocycles. The lowest BCUT2D eigenvalue weighted by atomic mass is 9.90. The second kappa shape index (κ2) is 3.25. The highest BCUT2D eigenvalue weighted by Crippen LogP contribution is 2.45. The van der Waals surface area contributed by atoms with Crippen LogP contribution >= 0.6 is 0 Å². The number of piperidine rings is 1. The molecule has 76 valence electrons. The van der Waals surface area contributed by atoms with Crippen LogP contribution < -0.4 is 0 Å². The lowest BCUT2D eigenvalue weighted by molar-refractivity contribution is 0.0224. The summed E-state index contributed by atoms with van der Waals surface area (Å²) in [6.07, 6.45) is 4.60. The standard InChI is InChI=1S/C11H21NO/c1-9(2)12-7-3-4-10(8-12)11(13)5-6-11/h9-10,13H,3-8H2,1-2H3. The lowest BCUT2D eigenvalue weighted by Crippen LogP contribution is -2.44. The van der Waals surface area contributed by atoms with E-state index in [1.807, 2.05) is 0 Å². The Hall–Kier alpha value is -0.0800. The van der Waals surface area contributed by atoms with Crippen LogP contribution in [0.15, 0.2) is 0 Å². The molecule has 1 heterocycles. The van der Waals surface area contributed by atoms with Crippen molar-refractivity contribution in [2.45, 2.75) is 51.2 Å². The van der Waals surface area contributed by atoms with E-state index >= 15 is 0 Å². The molecular weight excluding hydrogens is 162 g/mol. The summed E-state index contributed by atoms with van der Waals surface area (Å²) in [5.41, 5.74) is -0.256. The molecule has 0 spiro atoms. The summed E-state index contributed by atoms with van der Waals surface area (Å²) in [4.78, 5) is 2.50. The van der Waals surface area contributed by atoms with Crippen LogP contribution in [0.25, 0.3) is 0 Å². The van der Waals surface area contributed by atoms with Gasteiger partial charge in [-0.15, -0.1) is 0 Å². The van der Waals surface area contributed by atoms with Crippen molar-refractivity contribution in [3.8, 4) is 0 Å². The van der Waals surface area contributed by atoms with Crippen molar-refractivity contribution < 1.29 is 5.11 Å². The number of hydrogen-bond donors (Lipinski definition) is 1. The first-order valence-electron chi connectivity index (χ1n) is 5.58. The highest BCUT2D eigenvalue weighted by atomic mass is 16.3. The molecule has 2 aliphatic rings. The van der Waals surface area contributed by atoms with Crippen LogP contribution in [0, 0.1) is 5.92 Å². The minimum atomic E-state index is -0.256. The third-order valence-corrected chi connectivity index (χ3v) is 3.71. The van der Waals surface area contributed by atoms with E-state index < -0.39 is 0 Å². The highest BCUT2D eigenvalue weighted by Gasteiger charge is 2.48. The quantitative estimate of drug-likeness (QED) is 0.703. The molecule has 0 aromatic rings. The van der Waals surface area contributed by atoms with E-state index in [1.54, 1.807) is 0 Å². The largest absolute Gasteiger partial charge is 0.390 e. The van der Waals surface area contributed by atoms with Gasteiger partial charge in [-0.25, -0.2) is 0 Å². The van der Waals surface area contributed by atoms with Gasteiger partial charge in [0.1, 0.15) is 0 Å². The van der Waals surface area contributed by atoms with Gasteiger partial charge in [-0.1, -0.05) is 0 Å². The second-order valence-electron chi connectivity index (χ2n) is 5.03. The molecule has 1 saturated heterocycles. The summed E-state index contributed by atoms with van der Waals surface area (Å²) in [6.45, 7) is 6.84. The maximum absolute atomic E-state index is 10.0. The molecule has 0 aromatic carbocycles. The summed E-state index contributed by atoms with van der Waals surface area (Å²) in [5, 5.41) is 10.0. The first-order chi connectivity index (χ1) is 6.12. The van der Waals surface area contributed by atoms with Crippen LogP contribution in [0.1, 0.15) is 39.5 Å². The van der Waals surface area contributed by atoms with E-state index in [-0.39, 0.29) is 5.60 Å². The molecule has 2 nitrogen and oxygen atoms in total. The van der Waals surface area contributed by atoms with Crippen molar-refractivity contribution in [1.82, 2.24) is 4.90 Å². The van der Waals surface area contributed by atoms with Gasteiger partial charge in [-0.3, -0.25) is 0 Å². The fourth-order valence-electron chi connectivity index (χ4n) is 2.45. The lowest BCUT2D eigenvalue weighted by Gasteiger charge is -2.37. The first-order valence-corrected chi connectivity index (χ1v) is 5.58. The van der Waals surface area contributed by atoms with Crippen molar-refractivity contribution in [2.75, 3.05) is 13.1 Å². The molecule has 2 heteroatoms. The third-order valence-electron chi connectivity index (χ3n) is 3.71. The van der Waals surface area contributed by atoms with Crippen LogP contribution in [0.5, 0.6) is 0 Å². The molecule has 1 N–H and O–H groups in total. The van der Waals surface area contributed by atoms with E-state index in [0.717, 1.165) is 19.4 Å². The van der Waals surface area contributed by atoms with Gasteiger partial charge in [0, 0.05) is 18.5 Å². The SMILES string of the molecule is CC(C)N1CCCC(C2(O)CC2)C1. The molecule has 1 unspecified atom stereocenters. The number of rotatable bonds is 2. The second-order valence-corrected chi connectivity index (χ2v) is 5.03. The van der Waals surface area contributed by atoms with Gasteiger partial charge in [-0.2, -0.15) is 0 Å². The number of likely N-dealkylation sites (tertiary alicyclic amines) is 1. The topological polar surface area (TPSA) is 23.5 Å². The third kappa shape index (κ3) is 1.89. The van der Waals surface area contributed by atoms with E-state index in [2.05, 4.69) is 18.7 Å². The Morgan fingerprint density at radius 1 is 1.38 bits per heavy atom. The molecule has 0 bridgehead atoms. The minimum Gasteiger partial charge on any atom is -0.390 e. The molecule has 2 fully saturated rings. The normalized spacial score (nSPS) is 33.7. The van der Waals surface area contributed by atoms with Crippen molar-refractivity contribution in [3.63, 3.8) is 0 Å². The molecule has 1 aliphatic carbocycles. The molecule has 0 amide bonds. The Bertz CT molecular complexity index is 187. The number of aliphatic hydroxyl groups is 1. The Morgan fingerprint density at radius 2 is 2.08 bits per heavy atom. The maximum atomic E-state index is 10.0. The van der Waals surface area contributed by atoms with Crippen LogP contribution in [0.2, 0.25) is 0 Å². The van der Waals surface area contributed by atoms with Gasteiger partial charge in [0.2, 0.25) is 0 Å². The Kier molecular flexibility index (Phi) is 2.37. The smallest absolute Gasteiger partial charge is 0.0690 e. The average Bonchev–Trinajstić information content (AvgIpc) is 2.85. The fraction of sp³-hybridized carbons (Fsp3) is 1.00. The van der Waals surface area contributed by atoms with Gasteiger partial charge >= 0.3 is 0 Å². The summed E-state index contributed by atoms with van der Waals surface area (Å²) >= 11 is 0. The molecule has 1 saturated carbocycles. The summed E-state index contributed by atoms with van der Waals surface area (Å²) in [6, 6.07) is 0.644. The van der Waals surface area contributed by atoms with Crippen molar-refractivity contribution in [2.24, 2.45) is 5.92 Å². The zero-order chi connectivity index (χ0) is 9.47. The molecule has 1 atom stereocenters. The van der Waals surface area contributed by atoms with Crippen molar-refractivity contribution >= 4 is 0 Å². The Morgan fingerprint density at radius 3 is 2.62 bits per heavy atom. The molecule has 13 heavy (non-hydrogen) atoms. The van der Waals surface area contributed by atoms with Gasteiger partial charge in [0.05, 0.1) is 5.60 Å². The molecule has 0 radical (unpaired) electrons. The average molecular weight is 183 g/mol. The van der Waals surface area contributed by atoms with Crippen LogP contribution in [0.3, 0.4) is 0 Å². The van der Waals surface area contributed by atoms with Crippen LogP contribution in [0.4, 0.5) is 0 Å². The zero-order valence-corrected chi connectivity index (χ0v) is 8.79. The summed E-state index contributed by atoms with van der Waals surface area (Å²) in [5.74, 6) is 0.559. The number of nitrogens with zero attached hydrogens (tertiary/aromatic N) is 1. The van der Waals surface area contributed by atoms with Crippen LogP contribution in [-0.2, 0) is 0 Å². The molecular formula is C11H21NO. The Balaban J connectivity index is 1.92. The van der Waals surface area contributed by atoms with Gasteiger partial charge in [0.15, 0.2) is 0 Å². The van der Waals surface area contributed by atoms with Gasteiger partial charge in [-0.05, 0) is 46.1 Å². The van der Waals surface area contributed by atoms with E-state index in [9.17, 15) is 5.11 Å². The predicted molar refractivity (Wildman–Crippen MR) is 53.6 cm³/mol. The minimum absolute atomic E-state index is 0.256. The van der Waals surface area contributed by atoms with Gasteiger partial charge < -0.3 is 10.0 Å². The number of hydrogen-bond acceptors (Lipinski definition) is 2. The van der Waals surface area contributed by atoms with Crippen molar-refractivity contribution in [3.05, 3.63) is 0 Å². The van der Waals surface area contributed by atoms with E-state index in [0.29, 0.717) is 12.0 Å². The van der Waals surface area contributed by atoms with Crippen molar-refractivity contribution in [1.29, 1.82) is 0 Å². The fourth-order valence-corrected chi connectivity index (χ4v) is 2.45. The van der Waals surface area contributed by atoms with Gasteiger partial charge in [0.25, 0.3) is 0 Å². The molecule has 2 rings (SSSR count). The zero-order valence-electron chi connectivity index (χ0n) is 8.79. The highest BCUT2D eigenvalue weighted by molar-refractivity contribution is 5.01. The first kappa shape index (κ1) is 9.47. The summed E-state index contributed by atoms with van der Waals surface area (Å²) in [7, 11) is 0. The van der Waals surface area contributed by atoms with Crippen LogP contribution in [-0.4, -0.2) is 34.7 Å². The summed E-state index contributed by atoms with van der Waals surface area (Å²) < 4.78 is 0. The monoisotopic (exact) mass is 183 g/mol. The Labute approximate surface area is 80.9 Å².